The van der Waals surface area contributed by atoms with Crippen molar-refractivity contribution in [2.75, 3.05) is 10.6 Å². The van der Waals surface area contributed by atoms with Crippen molar-refractivity contribution >= 4 is 39.1 Å². The first kappa shape index (κ1) is 15.3. The molecule has 0 aliphatic carbocycles. The zero-order chi connectivity index (χ0) is 15.4. The maximum Gasteiger partial charge on any atom is 0.256 e. The number of rotatable bonds is 3. The normalized spacial score (nSPS) is 10.0. The van der Waals surface area contributed by atoms with Crippen LogP contribution in [-0.2, 0) is 4.79 Å². The molecule has 0 aromatic heterocycles. The minimum Gasteiger partial charge on any atom is -0.326 e. The van der Waals surface area contributed by atoms with E-state index in [2.05, 4.69) is 26.6 Å². The Bertz CT molecular complexity index is 698. The summed E-state index contributed by atoms with van der Waals surface area (Å²) in [5.74, 6) is -0.356. The van der Waals surface area contributed by atoms with Crippen LogP contribution in [0, 0.1) is 6.92 Å². The van der Waals surface area contributed by atoms with Crippen LogP contribution >= 0.6 is 15.9 Å². The van der Waals surface area contributed by atoms with Crippen LogP contribution in [-0.4, -0.2) is 11.8 Å². The molecule has 0 saturated heterocycles. The molecular weight excluding hydrogens is 332 g/mol. The molecule has 0 bridgehead atoms. The number of aryl methyl sites for hydroxylation is 1. The molecule has 0 atom stereocenters. The van der Waals surface area contributed by atoms with E-state index in [4.69, 9.17) is 0 Å². The molecule has 0 radical (unpaired) electrons. The number of carbonyl (C=O) groups is 2. The quantitative estimate of drug-likeness (QED) is 0.883. The lowest BCUT2D eigenvalue weighted by Gasteiger charge is -2.09. The maximum atomic E-state index is 12.3. The highest BCUT2D eigenvalue weighted by Crippen LogP contribution is 2.21. The highest BCUT2D eigenvalue weighted by atomic mass is 79.9. The third-order valence-corrected chi connectivity index (χ3v) is 3.50. The van der Waals surface area contributed by atoms with Crippen molar-refractivity contribution in [3.05, 3.63) is 58.1 Å². The highest BCUT2D eigenvalue weighted by Gasteiger charge is 2.10. The topological polar surface area (TPSA) is 58.2 Å². The molecule has 0 unspecified atom stereocenters. The SMILES string of the molecule is CC(=O)Nc1cccc(NC(=O)c2cc(C)ccc2Br)c1. The van der Waals surface area contributed by atoms with Gasteiger partial charge in [-0.3, -0.25) is 9.59 Å². The Kier molecular flexibility index (Phi) is 4.75. The van der Waals surface area contributed by atoms with E-state index in [1.165, 1.54) is 6.92 Å². The van der Waals surface area contributed by atoms with Crippen LogP contribution in [0.15, 0.2) is 46.9 Å². The number of amides is 2. The van der Waals surface area contributed by atoms with E-state index in [1.54, 1.807) is 24.3 Å². The van der Waals surface area contributed by atoms with Gasteiger partial charge in [-0.2, -0.15) is 0 Å². The first-order valence-electron chi connectivity index (χ1n) is 6.41. The van der Waals surface area contributed by atoms with Crippen LogP contribution in [0.25, 0.3) is 0 Å². The van der Waals surface area contributed by atoms with Gasteiger partial charge in [-0.25, -0.2) is 0 Å². The van der Waals surface area contributed by atoms with Crippen molar-refractivity contribution in [2.24, 2.45) is 0 Å². The first-order chi connectivity index (χ1) is 9.95. The Morgan fingerprint density at radius 3 is 2.33 bits per heavy atom. The summed E-state index contributed by atoms with van der Waals surface area (Å²) >= 11 is 3.37. The van der Waals surface area contributed by atoms with E-state index in [1.807, 2.05) is 25.1 Å². The van der Waals surface area contributed by atoms with Gasteiger partial charge in [-0.05, 0) is 53.2 Å². The molecule has 0 saturated carbocycles. The molecule has 2 amide bonds. The van der Waals surface area contributed by atoms with Gasteiger partial charge in [0.1, 0.15) is 0 Å². The smallest absolute Gasteiger partial charge is 0.256 e. The molecule has 5 heteroatoms. The van der Waals surface area contributed by atoms with Gasteiger partial charge >= 0.3 is 0 Å². The Morgan fingerprint density at radius 1 is 1.00 bits per heavy atom. The maximum absolute atomic E-state index is 12.3. The molecule has 4 nitrogen and oxygen atoms in total. The van der Waals surface area contributed by atoms with E-state index in [9.17, 15) is 9.59 Å². The van der Waals surface area contributed by atoms with Crippen LogP contribution in [0.5, 0.6) is 0 Å². The molecule has 2 aromatic carbocycles. The third kappa shape index (κ3) is 4.16. The lowest BCUT2D eigenvalue weighted by Crippen LogP contribution is -2.13. The van der Waals surface area contributed by atoms with Gasteiger partial charge in [0.2, 0.25) is 5.91 Å². The van der Waals surface area contributed by atoms with Crippen molar-refractivity contribution in [1.82, 2.24) is 0 Å². The van der Waals surface area contributed by atoms with Crippen LogP contribution in [0.2, 0.25) is 0 Å². The molecule has 2 N–H and O–H groups in total. The molecule has 2 rings (SSSR count). The lowest BCUT2D eigenvalue weighted by molar-refractivity contribution is -0.114. The van der Waals surface area contributed by atoms with Gasteiger partial charge in [0.05, 0.1) is 5.56 Å². The molecule has 0 fully saturated rings. The van der Waals surface area contributed by atoms with Crippen LogP contribution in [0.3, 0.4) is 0 Å². The predicted octanol–water partition coefficient (Wildman–Crippen LogP) is 3.97. The third-order valence-electron chi connectivity index (χ3n) is 2.81. The van der Waals surface area contributed by atoms with Crippen LogP contribution < -0.4 is 10.6 Å². The number of halogens is 1. The Balaban J connectivity index is 2.19. The summed E-state index contributed by atoms with van der Waals surface area (Å²) in [6.07, 6.45) is 0. The zero-order valence-electron chi connectivity index (χ0n) is 11.7. The molecule has 0 spiro atoms. The van der Waals surface area contributed by atoms with E-state index < -0.39 is 0 Å². The standard InChI is InChI=1S/C16H15BrN2O2/c1-10-6-7-15(17)14(8-10)16(21)19-13-5-3-4-12(9-13)18-11(2)20/h3-9H,1-2H3,(H,18,20)(H,19,21). The van der Waals surface area contributed by atoms with Gasteiger partial charge in [-0.15, -0.1) is 0 Å². The van der Waals surface area contributed by atoms with Crippen molar-refractivity contribution in [1.29, 1.82) is 0 Å². The van der Waals surface area contributed by atoms with Crippen LogP contribution in [0.4, 0.5) is 11.4 Å². The number of nitrogens with one attached hydrogen (secondary N) is 2. The second kappa shape index (κ2) is 6.54. The summed E-state index contributed by atoms with van der Waals surface area (Å²) < 4.78 is 0.739. The number of anilines is 2. The summed E-state index contributed by atoms with van der Waals surface area (Å²) in [6, 6.07) is 12.6. The summed E-state index contributed by atoms with van der Waals surface area (Å²) in [6.45, 7) is 3.37. The summed E-state index contributed by atoms with van der Waals surface area (Å²) in [4.78, 5) is 23.3. The molecule has 0 heterocycles. The average Bonchev–Trinajstić information content (AvgIpc) is 2.41. The lowest BCUT2D eigenvalue weighted by atomic mass is 10.1. The van der Waals surface area contributed by atoms with E-state index >= 15 is 0 Å². The Labute approximate surface area is 131 Å². The summed E-state index contributed by atoms with van der Waals surface area (Å²) in [5, 5.41) is 5.50. The fourth-order valence-corrected chi connectivity index (χ4v) is 2.32. The number of hydrogen-bond donors (Lipinski definition) is 2. The van der Waals surface area contributed by atoms with Crippen LogP contribution in [0.1, 0.15) is 22.8 Å². The van der Waals surface area contributed by atoms with Gasteiger partial charge < -0.3 is 10.6 Å². The van der Waals surface area contributed by atoms with E-state index in [0.717, 1.165) is 10.0 Å². The fourth-order valence-electron chi connectivity index (χ4n) is 1.89. The van der Waals surface area contributed by atoms with Gasteiger partial charge in [-0.1, -0.05) is 17.7 Å². The minimum atomic E-state index is -0.203. The highest BCUT2D eigenvalue weighted by molar-refractivity contribution is 9.10. The second-order valence-electron chi connectivity index (χ2n) is 4.70. The van der Waals surface area contributed by atoms with Crippen molar-refractivity contribution in [3.8, 4) is 0 Å². The minimum absolute atomic E-state index is 0.153. The molecular formula is C16H15BrN2O2. The first-order valence-corrected chi connectivity index (χ1v) is 7.20. The van der Waals surface area contributed by atoms with Crippen molar-refractivity contribution < 1.29 is 9.59 Å². The second-order valence-corrected chi connectivity index (χ2v) is 5.55. The largest absolute Gasteiger partial charge is 0.326 e. The predicted molar refractivity (Wildman–Crippen MR) is 87.6 cm³/mol. The van der Waals surface area contributed by atoms with Gasteiger partial charge in [0.15, 0.2) is 0 Å². The molecule has 2 aromatic rings. The molecule has 108 valence electrons. The van der Waals surface area contributed by atoms with E-state index in [0.29, 0.717) is 16.9 Å². The van der Waals surface area contributed by atoms with Gasteiger partial charge in [0.25, 0.3) is 5.91 Å². The van der Waals surface area contributed by atoms with Crippen molar-refractivity contribution in [2.45, 2.75) is 13.8 Å². The van der Waals surface area contributed by atoms with E-state index in [-0.39, 0.29) is 11.8 Å². The van der Waals surface area contributed by atoms with Gasteiger partial charge in [0, 0.05) is 22.8 Å². The summed E-state index contributed by atoms with van der Waals surface area (Å²) in [7, 11) is 0. The fraction of sp³-hybridized carbons (Fsp3) is 0.125. The number of carbonyl (C=O) groups excluding carboxylic acids is 2. The zero-order valence-corrected chi connectivity index (χ0v) is 13.3. The average molecular weight is 347 g/mol. The summed E-state index contributed by atoms with van der Waals surface area (Å²) in [5.41, 5.74) is 2.85. The number of hydrogen-bond acceptors (Lipinski definition) is 2. The monoisotopic (exact) mass is 346 g/mol. The molecule has 0 aliphatic heterocycles. The van der Waals surface area contributed by atoms with Crippen molar-refractivity contribution in [3.63, 3.8) is 0 Å². The number of benzene rings is 2. The Hall–Kier alpha value is -2.14. The molecule has 0 aliphatic rings. The Morgan fingerprint density at radius 2 is 1.67 bits per heavy atom. The molecule has 21 heavy (non-hydrogen) atoms.